The third-order valence-corrected chi connectivity index (χ3v) is 2.32. The largest absolute Gasteiger partial charge is 0.465 e. The summed E-state index contributed by atoms with van der Waals surface area (Å²) in [6, 6.07) is 3.74. The van der Waals surface area contributed by atoms with E-state index in [0.29, 0.717) is 5.57 Å². The number of esters is 1. The van der Waals surface area contributed by atoms with Crippen LogP contribution in [0.25, 0.3) is 5.57 Å². The summed E-state index contributed by atoms with van der Waals surface area (Å²) >= 11 is 0. The first-order chi connectivity index (χ1) is 6.83. The van der Waals surface area contributed by atoms with Crippen molar-refractivity contribution in [2.75, 3.05) is 7.11 Å². The first kappa shape index (κ1) is 8.94. The SMILES string of the molecule is COC(=O)C1=CCCc2ncccc21. The first-order valence-corrected chi connectivity index (χ1v) is 4.55. The molecule has 2 rings (SSSR count). The summed E-state index contributed by atoms with van der Waals surface area (Å²) in [6.07, 6.45) is 5.42. The van der Waals surface area contributed by atoms with E-state index < -0.39 is 0 Å². The van der Waals surface area contributed by atoms with E-state index in [1.54, 1.807) is 6.20 Å². The molecule has 0 bridgehead atoms. The van der Waals surface area contributed by atoms with Crippen molar-refractivity contribution in [3.63, 3.8) is 0 Å². The van der Waals surface area contributed by atoms with Crippen LogP contribution in [-0.2, 0) is 16.0 Å². The lowest BCUT2D eigenvalue weighted by Gasteiger charge is -2.14. The van der Waals surface area contributed by atoms with Crippen molar-refractivity contribution in [1.82, 2.24) is 4.98 Å². The van der Waals surface area contributed by atoms with Crippen LogP contribution >= 0.6 is 0 Å². The monoisotopic (exact) mass is 189 g/mol. The average Bonchev–Trinajstić information content (AvgIpc) is 2.27. The molecule has 0 amide bonds. The van der Waals surface area contributed by atoms with Crippen molar-refractivity contribution in [2.24, 2.45) is 0 Å². The third-order valence-electron chi connectivity index (χ3n) is 2.32. The van der Waals surface area contributed by atoms with Crippen molar-refractivity contribution in [3.05, 3.63) is 35.7 Å². The highest BCUT2D eigenvalue weighted by atomic mass is 16.5. The number of hydrogen-bond acceptors (Lipinski definition) is 3. The van der Waals surface area contributed by atoms with Crippen LogP contribution in [0.1, 0.15) is 17.7 Å². The van der Waals surface area contributed by atoms with Crippen molar-refractivity contribution in [3.8, 4) is 0 Å². The van der Waals surface area contributed by atoms with E-state index in [4.69, 9.17) is 4.74 Å². The van der Waals surface area contributed by atoms with E-state index in [1.165, 1.54) is 7.11 Å². The molecule has 3 nitrogen and oxygen atoms in total. The predicted octanol–water partition coefficient (Wildman–Crippen LogP) is 1.58. The van der Waals surface area contributed by atoms with Gasteiger partial charge in [0.25, 0.3) is 0 Å². The second-order valence-electron chi connectivity index (χ2n) is 3.15. The molecule has 14 heavy (non-hydrogen) atoms. The van der Waals surface area contributed by atoms with Gasteiger partial charge in [0, 0.05) is 17.5 Å². The van der Waals surface area contributed by atoms with Gasteiger partial charge in [-0.3, -0.25) is 4.98 Å². The normalized spacial score (nSPS) is 14.2. The second-order valence-corrected chi connectivity index (χ2v) is 3.15. The molecule has 0 saturated carbocycles. The van der Waals surface area contributed by atoms with E-state index in [-0.39, 0.29) is 5.97 Å². The Hall–Kier alpha value is -1.64. The minimum absolute atomic E-state index is 0.279. The summed E-state index contributed by atoms with van der Waals surface area (Å²) in [7, 11) is 1.40. The second kappa shape index (κ2) is 3.62. The Labute approximate surface area is 82.4 Å². The van der Waals surface area contributed by atoms with E-state index in [1.807, 2.05) is 18.2 Å². The average molecular weight is 189 g/mol. The van der Waals surface area contributed by atoms with Gasteiger partial charge in [-0.05, 0) is 18.9 Å². The number of carbonyl (C=O) groups is 1. The molecular weight excluding hydrogens is 178 g/mol. The van der Waals surface area contributed by atoms with Gasteiger partial charge in [0.15, 0.2) is 0 Å². The third kappa shape index (κ3) is 1.41. The number of rotatable bonds is 1. The molecular formula is C11H11NO2. The molecule has 0 atom stereocenters. The van der Waals surface area contributed by atoms with Crippen LogP contribution < -0.4 is 0 Å². The van der Waals surface area contributed by atoms with Crippen LogP contribution in [0.15, 0.2) is 24.4 Å². The van der Waals surface area contributed by atoms with Gasteiger partial charge < -0.3 is 4.74 Å². The van der Waals surface area contributed by atoms with Crippen LogP contribution in [0, 0.1) is 0 Å². The lowest BCUT2D eigenvalue weighted by Crippen LogP contribution is -2.10. The topological polar surface area (TPSA) is 39.2 Å². The highest BCUT2D eigenvalue weighted by molar-refractivity contribution is 6.17. The smallest absolute Gasteiger partial charge is 0.338 e. The molecule has 1 aromatic heterocycles. The first-order valence-electron chi connectivity index (χ1n) is 4.55. The maximum Gasteiger partial charge on any atom is 0.338 e. The number of nitrogens with zero attached hydrogens (tertiary/aromatic N) is 1. The van der Waals surface area contributed by atoms with Gasteiger partial charge in [0.1, 0.15) is 0 Å². The van der Waals surface area contributed by atoms with Crippen LogP contribution in [0.3, 0.4) is 0 Å². The van der Waals surface area contributed by atoms with Crippen molar-refractivity contribution in [1.29, 1.82) is 0 Å². The zero-order chi connectivity index (χ0) is 9.97. The fourth-order valence-corrected chi connectivity index (χ4v) is 1.65. The maximum atomic E-state index is 11.4. The summed E-state index contributed by atoms with van der Waals surface area (Å²) in [5.41, 5.74) is 2.53. The number of aromatic nitrogens is 1. The van der Waals surface area contributed by atoms with Gasteiger partial charge in [0.2, 0.25) is 0 Å². The van der Waals surface area contributed by atoms with Gasteiger partial charge in [-0.1, -0.05) is 12.1 Å². The Bertz CT molecular complexity index is 396. The Morgan fingerprint density at radius 3 is 3.21 bits per heavy atom. The molecule has 0 N–H and O–H groups in total. The van der Waals surface area contributed by atoms with Gasteiger partial charge in [0.05, 0.1) is 12.7 Å². The predicted molar refractivity (Wildman–Crippen MR) is 52.6 cm³/mol. The highest BCUT2D eigenvalue weighted by Gasteiger charge is 2.19. The molecule has 0 spiro atoms. The number of fused-ring (bicyclic) bond motifs is 1. The minimum atomic E-state index is -0.279. The summed E-state index contributed by atoms with van der Waals surface area (Å²) in [5, 5.41) is 0. The van der Waals surface area contributed by atoms with Gasteiger partial charge in [-0.2, -0.15) is 0 Å². The molecule has 0 saturated heterocycles. The van der Waals surface area contributed by atoms with Crippen molar-refractivity contribution >= 4 is 11.5 Å². The number of allylic oxidation sites excluding steroid dienone is 1. The number of carbonyl (C=O) groups excluding carboxylic acids is 1. The van der Waals surface area contributed by atoms with E-state index in [2.05, 4.69) is 4.98 Å². The van der Waals surface area contributed by atoms with E-state index in [9.17, 15) is 4.79 Å². The zero-order valence-electron chi connectivity index (χ0n) is 7.99. The molecule has 0 radical (unpaired) electrons. The number of aryl methyl sites for hydroxylation is 1. The van der Waals surface area contributed by atoms with Gasteiger partial charge in [-0.25, -0.2) is 4.79 Å². The number of ether oxygens (including phenoxy) is 1. The van der Waals surface area contributed by atoms with Crippen LogP contribution in [-0.4, -0.2) is 18.1 Å². The molecule has 0 aliphatic heterocycles. The number of hydrogen-bond donors (Lipinski definition) is 0. The summed E-state index contributed by atoms with van der Waals surface area (Å²) in [6.45, 7) is 0. The lowest BCUT2D eigenvalue weighted by molar-refractivity contribution is -0.133. The molecule has 0 fully saturated rings. The maximum absolute atomic E-state index is 11.4. The van der Waals surface area contributed by atoms with Crippen molar-refractivity contribution in [2.45, 2.75) is 12.8 Å². The minimum Gasteiger partial charge on any atom is -0.465 e. The van der Waals surface area contributed by atoms with Crippen LogP contribution in [0.2, 0.25) is 0 Å². The highest BCUT2D eigenvalue weighted by Crippen LogP contribution is 2.25. The molecule has 1 aliphatic carbocycles. The standard InChI is InChI=1S/C11H11NO2/c1-14-11(13)9-4-2-6-10-8(9)5-3-7-12-10/h3-5,7H,2,6H2,1H3. The Balaban J connectivity index is 2.45. The summed E-state index contributed by atoms with van der Waals surface area (Å²) < 4.78 is 4.71. The van der Waals surface area contributed by atoms with Crippen LogP contribution in [0.4, 0.5) is 0 Å². The summed E-state index contributed by atoms with van der Waals surface area (Å²) in [4.78, 5) is 15.6. The molecule has 1 aromatic rings. The van der Waals surface area contributed by atoms with E-state index in [0.717, 1.165) is 24.1 Å². The summed E-state index contributed by atoms with van der Waals surface area (Å²) in [5.74, 6) is -0.279. The molecule has 72 valence electrons. The Morgan fingerprint density at radius 2 is 2.43 bits per heavy atom. The fraction of sp³-hybridized carbons (Fsp3) is 0.273. The Kier molecular flexibility index (Phi) is 2.31. The lowest BCUT2D eigenvalue weighted by atomic mass is 9.95. The molecule has 0 aromatic carbocycles. The molecule has 0 unspecified atom stereocenters. The van der Waals surface area contributed by atoms with Crippen LogP contribution in [0.5, 0.6) is 0 Å². The van der Waals surface area contributed by atoms with Gasteiger partial charge in [-0.15, -0.1) is 0 Å². The van der Waals surface area contributed by atoms with Crippen molar-refractivity contribution < 1.29 is 9.53 Å². The van der Waals surface area contributed by atoms with E-state index >= 15 is 0 Å². The number of pyridine rings is 1. The molecule has 1 aliphatic rings. The molecule has 3 heteroatoms. The fourth-order valence-electron chi connectivity index (χ4n) is 1.65. The zero-order valence-corrected chi connectivity index (χ0v) is 7.99. The Morgan fingerprint density at radius 1 is 1.57 bits per heavy atom. The number of methoxy groups -OCH3 is 1. The quantitative estimate of drug-likeness (QED) is 0.630. The molecule has 1 heterocycles. The van der Waals surface area contributed by atoms with Gasteiger partial charge >= 0.3 is 5.97 Å².